The van der Waals surface area contributed by atoms with Crippen molar-refractivity contribution < 1.29 is 9.53 Å². The van der Waals surface area contributed by atoms with E-state index >= 15 is 0 Å². The number of hydrogen-bond donors (Lipinski definition) is 2. The molecule has 90 valence electrons. The van der Waals surface area contributed by atoms with E-state index in [1.165, 1.54) is 0 Å². The summed E-state index contributed by atoms with van der Waals surface area (Å²) >= 11 is 0. The van der Waals surface area contributed by atoms with E-state index in [4.69, 9.17) is 16.2 Å². The maximum absolute atomic E-state index is 10.7. The molecule has 0 aromatic carbocycles. The molecule has 15 heavy (non-hydrogen) atoms. The smallest absolute Gasteiger partial charge is 0.405 e. The Morgan fingerprint density at radius 1 is 1.40 bits per heavy atom. The number of carbonyl (C=O) groups is 1. The Morgan fingerprint density at radius 2 is 1.93 bits per heavy atom. The van der Waals surface area contributed by atoms with Gasteiger partial charge in [0.05, 0.1) is 0 Å². The van der Waals surface area contributed by atoms with Gasteiger partial charge in [-0.15, -0.1) is 0 Å². The second-order valence-corrected chi connectivity index (χ2v) is 5.12. The summed E-state index contributed by atoms with van der Waals surface area (Å²) in [6.45, 7) is 8.65. The number of primary amides is 1. The summed E-state index contributed by atoms with van der Waals surface area (Å²) in [6, 6.07) is 0. The van der Waals surface area contributed by atoms with E-state index in [-0.39, 0.29) is 0 Å². The van der Waals surface area contributed by atoms with Gasteiger partial charge in [0.15, 0.2) is 0 Å². The van der Waals surface area contributed by atoms with E-state index in [1.807, 2.05) is 13.8 Å². The number of rotatable bonds is 6. The highest BCUT2D eigenvalue weighted by Gasteiger charge is 2.26. The SMILES string of the molecule is CC(C)C[C@H](CN)CC(C)(C)OC(N)=O. The summed E-state index contributed by atoms with van der Waals surface area (Å²) in [5.41, 5.74) is 10.2. The molecule has 1 atom stereocenters. The third kappa shape index (κ3) is 7.19. The van der Waals surface area contributed by atoms with Crippen LogP contribution in [0.3, 0.4) is 0 Å². The lowest BCUT2D eigenvalue weighted by Crippen LogP contribution is -2.35. The predicted octanol–water partition coefficient (Wildman–Crippen LogP) is 1.87. The normalized spacial score (nSPS) is 14.0. The van der Waals surface area contributed by atoms with Gasteiger partial charge in [-0.2, -0.15) is 0 Å². The van der Waals surface area contributed by atoms with E-state index in [1.54, 1.807) is 0 Å². The topological polar surface area (TPSA) is 78.3 Å². The predicted molar refractivity (Wildman–Crippen MR) is 61.4 cm³/mol. The van der Waals surface area contributed by atoms with Crippen molar-refractivity contribution in [2.45, 2.75) is 46.1 Å². The molecule has 0 radical (unpaired) electrons. The minimum absolute atomic E-state index is 0.374. The maximum atomic E-state index is 10.7. The molecule has 0 saturated heterocycles. The molecule has 0 aromatic heterocycles. The molecule has 0 unspecified atom stereocenters. The second kappa shape index (κ2) is 5.95. The lowest BCUT2D eigenvalue weighted by Gasteiger charge is -2.29. The highest BCUT2D eigenvalue weighted by Crippen LogP contribution is 2.24. The summed E-state index contributed by atoms with van der Waals surface area (Å²) in [4.78, 5) is 10.7. The highest BCUT2D eigenvalue weighted by molar-refractivity contribution is 5.65. The van der Waals surface area contributed by atoms with Crippen molar-refractivity contribution in [2.75, 3.05) is 6.54 Å². The second-order valence-electron chi connectivity index (χ2n) is 5.12. The average molecular weight is 216 g/mol. The summed E-state index contributed by atoms with van der Waals surface area (Å²) in [5, 5.41) is 0. The highest BCUT2D eigenvalue weighted by atomic mass is 16.6. The molecule has 4 heteroatoms. The Kier molecular flexibility index (Phi) is 5.65. The van der Waals surface area contributed by atoms with Crippen molar-refractivity contribution in [1.82, 2.24) is 0 Å². The van der Waals surface area contributed by atoms with Crippen LogP contribution in [0.2, 0.25) is 0 Å². The van der Waals surface area contributed by atoms with Crippen LogP contribution in [0.1, 0.15) is 40.5 Å². The lowest BCUT2D eigenvalue weighted by atomic mass is 9.87. The summed E-state index contributed by atoms with van der Waals surface area (Å²) in [5.74, 6) is 0.974. The molecule has 0 aromatic rings. The molecule has 0 heterocycles. The summed E-state index contributed by atoms with van der Waals surface area (Å²) < 4.78 is 5.03. The minimum Gasteiger partial charge on any atom is -0.444 e. The van der Waals surface area contributed by atoms with Gasteiger partial charge in [-0.05, 0) is 45.1 Å². The van der Waals surface area contributed by atoms with Gasteiger partial charge < -0.3 is 16.2 Å². The summed E-state index contributed by atoms with van der Waals surface area (Å²) in [7, 11) is 0. The monoisotopic (exact) mass is 216 g/mol. The molecule has 0 aliphatic carbocycles. The van der Waals surface area contributed by atoms with Crippen LogP contribution in [0.25, 0.3) is 0 Å². The first-order chi connectivity index (χ1) is 6.76. The molecule has 0 spiro atoms. The van der Waals surface area contributed by atoms with E-state index in [9.17, 15) is 4.79 Å². The van der Waals surface area contributed by atoms with Crippen molar-refractivity contribution in [3.05, 3.63) is 0 Å². The van der Waals surface area contributed by atoms with Crippen LogP contribution in [0.4, 0.5) is 4.79 Å². The number of nitrogens with two attached hydrogens (primary N) is 2. The van der Waals surface area contributed by atoms with Crippen LogP contribution in [0.15, 0.2) is 0 Å². The zero-order valence-electron chi connectivity index (χ0n) is 10.2. The third-order valence-electron chi connectivity index (χ3n) is 2.30. The minimum atomic E-state index is -0.722. The van der Waals surface area contributed by atoms with Crippen molar-refractivity contribution in [2.24, 2.45) is 23.3 Å². The first-order valence-corrected chi connectivity index (χ1v) is 5.45. The Hall–Kier alpha value is -0.770. The van der Waals surface area contributed by atoms with E-state index in [0.29, 0.717) is 18.4 Å². The van der Waals surface area contributed by atoms with Gasteiger partial charge in [-0.1, -0.05) is 13.8 Å². The van der Waals surface area contributed by atoms with E-state index in [0.717, 1.165) is 12.8 Å². The molecular weight excluding hydrogens is 192 g/mol. The molecule has 0 fully saturated rings. The molecule has 0 aliphatic rings. The van der Waals surface area contributed by atoms with Crippen molar-refractivity contribution in [3.8, 4) is 0 Å². The first kappa shape index (κ1) is 14.2. The van der Waals surface area contributed by atoms with Gasteiger partial charge in [0.2, 0.25) is 0 Å². The molecule has 4 nitrogen and oxygen atoms in total. The standard InChI is InChI=1S/C11H24N2O2/c1-8(2)5-9(7-12)6-11(3,4)15-10(13)14/h8-9H,5-7,12H2,1-4H3,(H2,13,14)/t9-/m0/s1. The Labute approximate surface area is 92.3 Å². The third-order valence-corrected chi connectivity index (χ3v) is 2.30. The maximum Gasteiger partial charge on any atom is 0.405 e. The average Bonchev–Trinajstić information content (AvgIpc) is 1.98. The number of hydrogen-bond acceptors (Lipinski definition) is 3. The van der Waals surface area contributed by atoms with Gasteiger partial charge in [0.1, 0.15) is 5.60 Å². The summed E-state index contributed by atoms with van der Waals surface area (Å²) in [6.07, 6.45) is 1.08. The van der Waals surface area contributed by atoms with E-state index in [2.05, 4.69) is 13.8 Å². The van der Waals surface area contributed by atoms with Crippen LogP contribution in [0, 0.1) is 11.8 Å². The van der Waals surface area contributed by atoms with E-state index < -0.39 is 11.7 Å². The zero-order chi connectivity index (χ0) is 12.1. The fraction of sp³-hybridized carbons (Fsp3) is 0.909. The molecule has 1 amide bonds. The molecule has 4 N–H and O–H groups in total. The van der Waals surface area contributed by atoms with Crippen molar-refractivity contribution in [3.63, 3.8) is 0 Å². The van der Waals surface area contributed by atoms with Gasteiger partial charge >= 0.3 is 6.09 Å². The number of carbonyl (C=O) groups excluding carboxylic acids is 1. The van der Waals surface area contributed by atoms with Crippen LogP contribution in [-0.4, -0.2) is 18.2 Å². The quantitative estimate of drug-likeness (QED) is 0.711. The fourth-order valence-electron chi connectivity index (χ4n) is 1.94. The largest absolute Gasteiger partial charge is 0.444 e. The van der Waals surface area contributed by atoms with Crippen LogP contribution in [-0.2, 0) is 4.74 Å². The van der Waals surface area contributed by atoms with Crippen LogP contribution >= 0.6 is 0 Å². The lowest BCUT2D eigenvalue weighted by molar-refractivity contribution is 0.0251. The molecule has 0 saturated carbocycles. The van der Waals surface area contributed by atoms with Gasteiger partial charge in [0, 0.05) is 0 Å². The van der Waals surface area contributed by atoms with Crippen molar-refractivity contribution >= 4 is 6.09 Å². The number of amides is 1. The zero-order valence-corrected chi connectivity index (χ0v) is 10.2. The Bertz CT molecular complexity index is 203. The van der Waals surface area contributed by atoms with Gasteiger partial charge in [-0.3, -0.25) is 0 Å². The molecular formula is C11H24N2O2. The van der Waals surface area contributed by atoms with Crippen LogP contribution < -0.4 is 11.5 Å². The Balaban J connectivity index is 4.20. The van der Waals surface area contributed by atoms with Crippen molar-refractivity contribution in [1.29, 1.82) is 0 Å². The molecule has 0 aliphatic heterocycles. The van der Waals surface area contributed by atoms with Gasteiger partial charge in [-0.25, -0.2) is 4.79 Å². The van der Waals surface area contributed by atoms with Crippen LogP contribution in [0.5, 0.6) is 0 Å². The number of ether oxygens (including phenoxy) is 1. The first-order valence-electron chi connectivity index (χ1n) is 5.45. The Morgan fingerprint density at radius 3 is 2.27 bits per heavy atom. The molecule has 0 bridgehead atoms. The fourth-order valence-corrected chi connectivity index (χ4v) is 1.94. The molecule has 0 rings (SSSR count). The van der Waals surface area contributed by atoms with Gasteiger partial charge in [0.25, 0.3) is 0 Å².